The summed E-state index contributed by atoms with van der Waals surface area (Å²) in [7, 11) is 0. The second-order valence-corrected chi connectivity index (χ2v) is 10.5. The first-order valence-electron chi connectivity index (χ1n) is 12.7. The van der Waals surface area contributed by atoms with Crippen molar-refractivity contribution in [1.82, 2.24) is 0 Å². The van der Waals surface area contributed by atoms with Crippen molar-refractivity contribution in [2.45, 2.75) is 43.5 Å². The zero-order valence-corrected chi connectivity index (χ0v) is 21.8. The fourth-order valence-corrected chi connectivity index (χ4v) is 5.89. The third-order valence-corrected chi connectivity index (χ3v) is 8.11. The molecule has 4 nitrogen and oxygen atoms in total. The highest BCUT2D eigenvalue weighted by molar-refractivity contribution is 7.99. The Labute approximate surface area is 223 Å². The quantitative estimate of drug-likeness (QED) is 0.252. The number of aliphatic hydroxyl groups excluding tert-OH is 1. The van der Waals surface area contributed by atoms with Gasteiger partial charge in [-0.2, -0.15) is 0 Å². The summed E-state index contributed by atoms with van der Waals surface area (Å²) >= 11 is 1.81. The van der Waals surface area contributed by atoms with Gasteiger partial charge in [0, 0.05) is 28.7 Å². The molecule has 4 atom stereocenters. The molecule has 0 aliphatic carbocycles. The Hall–Kier alpha value is -2.93. The van der Waals surface area contributed by atoms with Crippen LogP contribution in [0.4, 0.5) is 0 Å². The maximum absolute atomic E-state index is 9.48. The molecule has 0 bridgehead atoms. The van der Waals surface area contributed by atoms with E-state index in [0.29, 0.717) is 6.54 Å². The average molecular weight is 512 g/mol. The summed E-state index contributed by atoms with van der Waals surface area (Å²) < 4.78 is 13.2. The van der Waals surface area contributed by atoms with Gasteiger partial charge in [0.2, 0.25) is 0 Å². The molecule has 1 aliphatic heterocycles. The van der Waals surface area contributed by atoms with Gasteiger partial charge in [-0.3, -0.25) is 0 Å². The average Bonchev–Trinajstić information content (AvgIpc) is 2.97. The molecule has 37 heavy (non-hydrogen) atoms. The highest BCUT2D eigenvalue weighted by Gasteiger charge is 2.38. The summed E-state index contributed by atoms with van der Waals surface area (Å²) in [4.78, 5) is 1.23. The summed E-state index contributed by atoms with van der Waals surface area (Å²) in [6, 6.07) is 35.1. The first-order chi connectivity index (χ1) is 18.2. The minimum absolute atomic E-state index is 0.00381. The Bertz CT molecular complexity index is 1280. The van der Waals surface area contributed by atoms with Gasteiger partial charge in [-0.25, -0.2) is 0 Å². The largest absolute Gasteiger partial charge is 0.392 e. The van der Waals surface area contributed by atoms with Crippen molar-refractivity contribution in [1.29, 1.82) is 0 Å². The predicted octanol–water partition coefficient (Wildman–Crippen LogP) is 6.89. The van der Waals surface area contributed by atoms with Crippen molar-refractivity contribution in [3.8, 4) is 11.1 Å². The third-order valence-electron chi connectivity index (χ3n) is 7.01. The van der Waals surface area contributed by atoms with E-state index in [1.807, 2.05) is 42.1 Å². The lowest BCUT2D eigenvalue weighted by Crippen LogP contribution is -2.38. The molecule has 1 aliphatic rings. The van der Waals surface area contributed by atoms with E-state index in [4.69, 9.17) is 15.2 Å². The lowest BCUT2D eigenvalue weighted by molar-refractivity contribution is -0.268. The Morgan fingerprint density at radius 3 is 2.16 bits per heavy atom. The molecule has 0 amide bonds. The van der Waals surface area contributed by atoms with Crippen LogP contribution < -0.4 is 5.73 Å². The van der Waals surface area contributed by atoms with E-state index in [0.717, 1.165) is 39.1 Å². The van der Waals surface area contributed by atoms with Crippen LogP contribution >= 0.6 is 11.8 Å². The van der Waals surface area contributed by atoms with Crippen molar-refractivity contribution in [3.05, 3.63) is 125 Å². The van der Waals surface area contributed by atoms with E-state index >= 15 is 0 Å². The van der Waals surface area contributed by atoms with Crippen LogP contribution in [0.25, 0.3) is 11.1 Å². The van der Waals surface area contributed by atoms with Gasteiger partial charge in [0.15, 0.2) is 6.29 Å². The monoisotopic (exact) mass is 511 g/mol. The van der Waals surface area contributed by atoms with Crippen molar-refractivity contribution in [3.63, 3.8) is 0 Å². The molecular weight excluding hydrogens is 478 g/mol. The standard InChI is InChI=1S/C32H33NO3S/c1-22-30(21-37-28-8-3-2-4-9-28)35-32(36-31(22)25-13-11-23(20-34)12-14-25)26-17-15-24(16-18-26)29-10-6-5-7-27(29)19-33/h2-18,22,30-32,34H,19-21,33H2,1H3/t22-,30+,31+,32+/m1/s1. The second kappa shape index (κ2) is 12.1. The van der Waals surface area contributed by atoms with E-state index in [-0.39, 0.29) is 24.7 Å². The first kappa shape index (κ1) is 25.7. The number of ether oxygens (including phenoxy) is 2. The molecule has 0 unspecified atom stereocenters. The Balaban J connectivity index is 1.40. The SMILES string of the molecule is C[C@@H]1[C@H](CSc2ccccc2)O[C@H](c2ccc(-c3ccccc3CN)cc2)O[C@@H]1c1ccc(CO)cc1. The van der Waals surface area contributed by atoms with Gasteiger partial charge in [0.05, 0.1) is 18.8 Å². The number of benzene rings is 4. The van der Waals surface area contributed by atoms with Crippen molar-refractivity contribution >= 4 is 11.8 Å². The van der Waals surface area contributed by atoms with Crippen molar-refractivity contribution in [2.24, 2.45) is 11.7 Å². The topological polar surface area (TPSA) is 64.7 Å². The summed E-state index contributed by atoms with van der Waals surface area (Å²) in [6.45, 7) is 2.73. The van der Waals surface area contributed by atoms with Crippen LogP contribution in [-0.4, -0.2) is 17.0 Å². The second-order valence-electron chi connectivity index (χ2n) is 9.43. The number of hydrogen-bond donors (Lipinski definition) is 2. The van der Waals surface area contributed by atoms with Crippen molar-refractivity contribution in [2.75, 3.05) is 5.75 Å². The molecule has 4 aromatic rings. The van der Waals surface area contributed by atoms with E-state index in [9.17, 15) is 5.11 Å². The van der Waals surface area contributed by atoms with Crippen LogP contribution in [0.2, 0.25) is 0 Å². The fourth-order valence-electron chi connectivity index (χ4n) is 4.80. The molecule has 1 heterocycles. The first-order valence-corrected chi connectivity index (χ1v) is 13.7. The van der Waals surface area contributed by atoms with Crippen LogP contribution in [0.1, 0.15) is 41.6 Å². The van der Waals surface area contributed by atoms with Gasteiger partial charge >= 0.3 is 0 Å². The van der Waals surface area contributed by atoms with Gasteiger partial charge in [-0.05, 0) is 39.9 Å². The van der Waals surface area contributed by atoms with Gasteiger partial charge in [-0.1, -0.05) is 97.9 Å². The maximum Gasteiger partial charge on any atom is 0.184 e. The summed E-state index contributed by atoms with van der Waals surface area (Å²) in [5, 5.41) is 9.48. The minimum atomic E-state index is -0.473. The number of thioether (sulfide) groups is 1. The molecular formula is C32H33NO3S. The molecule has 1 saturated heterocycles. The molecule has 0 spiro atoms. The summed E-state index contributed by atoms with van der Waals surface area (Å²) in [5.41, 5.74) is 12.3. The van der Waals surface area contributed by atoms with E-state index in [2.05, 4.69) is 79.7 Å². The van der Waals surface area contributed by atoms with Crippen LogP contribution in [0.3, 0.4) is 0 Å². The number of hydrogen-bond acceptors (Lipinski definition) is 5. The highest BCUT2D eigenvalue weighted by atomic mass is 32.2. The molecule has 5 rings (SSSR count). The molecule has 0 saturated carbocycles. The van der Waals surface area contributed by atoms with Crippen molar-refractivity contribution < 1.29 is 14.6 Å². The molecule has 4 aromatic carbocycles. The van der Waals surface area contributed by atoms with E-state index in [1.165, 1.54) is 4.90 Å². The van der Waals surface area contributed by atoms with Gasteiger partial charge in [0.1, 0.15) is 0 Å². The van der Waals surface area contributed by atoms with E-state index in [1.54, 1.807) is 0 Å². The Kier molecular flexibility index (Phi) is 8.39. The molecule has 0 aromatic heterocycles. The van der Waals surface area contributed by atoms with Crippen LogP contribution in [-0.2, 0) is 22.6 Å². The van der Waals surface area contributed by atoms with Gasteiger partial charge in [0.25, 0.3) is 0 Å². The molecule has 1 fully saturated rings. The zero-order chi connectivity index (χ0) is 25.6. The Morgan fingerprint density at radius 2 is 1.46 bits per heavy atom. The third kappa shape index (κ3) is 5.98. The normalized spacial score (nSPS) is 21.6. The molecule has 5 heteroatoms. The minimum Gasteiger partial charge on any atom is -0.392 e. The highest BCUT2D eigenvalue weighted by Crippen LogP contribution is 2.43. The lowest BCUT2D eigenvalue weighted by Gasteiger charge is -2.41. The predicted molar refractivity (Wildman–Crippen MR) is 150 cm³/mol. The number of nitrogens with two attached hydrogens (primary N) is 1. The van der Waals surface area contributed by atoms with Gasteiger partial charge in [-0.15, -0.1) is 11.8 Å². The molecule has 190 valence electrons. The van der Waals surface area contributed by atoms with Crippen LogP contribution in [0.5, 0.6) is 0 Å². The number of rotatable bonds is 8. The maximum atomic E-state index is 9.48. The number of aliphatic hydroxyl groups is 1. The smallest absolute Gasteiger partial charge is 0.184 e. The van der Waals surface area contributed by atoms with E-state index < -0.39 is 6.29 Å². The molecule has 0 radical (unpaired) electrons. The molecule has 3 N–H and O–H groups in total. The summed E-state index contributed by atoms with van der Waals surface area (Å²) in [5.74, 6) is 0.987. The van der Waals surface area contributed by atoms with Crippen LogP contribution in [0.15, 0.2) is 108 Å². The van der Waals surface area contributed by atoms with Crippen LogP contribution in [0, 0.1) is 5.92 Å². The fraction of sp³-hybridized carbons (Fsp3) is 0.250. The zero-order valence-electron chi connectivity index (χ0n) is 21.0. The Morgan fingerprint density at radius 1 is 0.784 bits per heavy atom. The summed E-state index contributed by atoms with van der Waals surface area (Å²) in [6.07, 6.45) is -0.589. The van der Waals surface area contributed by atoms with Gasteiger partial charge < -0.3 is 20.3 Å². The lowest BCUT2D eigenvalue weighted by atomic mass is 9.91.